The van der Waals surface area contributed by atoms with Crippen molar-refractivity contribution in [1.29, 1.82) is 0 Å². The highest BCUT2D eigenvalue weighted by Gasteiger charge is 2.19. The molecule has 1 aliphatic rings. The first kappa shape index (κ1) is 23.7. The van der Waals surface area contributed by atoms with Crippen molar-refractivity contribution in [3.63, 3.8) is 0 Å². The van der Waals surface area contributed by atoms with E-state index in [9.17, 15) is 14.4 Å². The van der Waals surface area contributed by atoms with Gasteiger partial charge >= 0.3 is 17.9 Å². The van der Waals surface area contributed by atoms with Crippen LogP contribution in [0.5, 0.6) is 0 Å². The maximum absolute atomic E-state index is 10.2. The van der Waals surface area contributed by atoms with Crippen LogP contribution in [0, 0.1) is 11.3 Å². The van der Waals surface area contributed by atoms with E-state index in [0.29, 0.717) is 18.8 Å². The quantitative estimate of drug-likeness (QED) is 0.700. The van der Waals surface area contributed by atoms with E-state index in [4.69, 9.17) is 15.3 Å². The number of carbonyl (C=O) groups is 3. The first-order valence-electron chi connectivity index (χ1n) is 8.17. The Morgan fingerprint density at radius 3 is 1.61 bits per heavy atom. The fraction of sp³-hybridized carbons (Fsp3) is 0.824. The van der Waals surface area contributed by atoms with E-state index < -0.39 is 23.3 Å². The van der Waals surface area contributed by atoms with Crippen molar-refractivity contribution in [2.45, 2.75) is 79.1 Å². The molecule has 0 aromatic rings. The molecule has 1 fully saturated rings. The minimum Gasteiger partial charge on any atom is -0.481 e. The van der Waals surface area contributed by atoms with Crippen molar-refractivity contribution in [3.05, 3.63) is 0 Å². The maximum Gasteiger partial charge on any atom is 0.308 e. The molecule has 0 aromatic carbocycles. The third-order valence-electron chi connectivity index (χ3n) is 3.32. The molecular formula is C17H32O6. The largest absolute Gasteiger partial charge is 0.481 e. The highest BCUT2D eigenvalue weighted by atomic mass is 16.4. The molecule has 3 N–H and O–H groups in total. The van der Waals surface area contributed by atoms with E-state index in [0.717, 1.165) is 25.7 Å². The van der Waals surface area contributed by atoms with Gasteiger partial charge < -0.3 is 15.3 Å². The van der Waals surface area contributed by atoms with Gasteiger partial charge in [0, 0.05) is 12.8 Å². The first-order chi connectivity index (χ1) is 10.5. The molecule has 0 radical (unpaired) electrons. The Kier molecular flexibility index (Phi) is 13.3. The summed E-state index contributed by atoms with van der Waals surface area (Å²) in [6.45, 7) is 6.96. The molecule has 0 heterocycles. The smallest absolute Gasteiger partial charge is 0.308 e. The molecule has 1 rings (SSSR count). The number of rotatable bonds is 5. The van der Waals surface area contributed by atoms with Crippen LogP contribution in [0.25, 0.3) is 0 Å². The molecule has 23 heavy (non-hydrogen) atoms. The predicted octanol–water partition coefficient (Wildman–Crippen LogP) is 4.03. The van der Waals surface area contributed by atoms with Gasteiger partial charge in [-0.25, -0.2) is 0 Å². The standard InChI is InChI=1S/C7H12O2.2C5H10O2/c8-7(9)5-6-3-1-2-4-6;1-5(2,3)4(6)7;1-2-3-4-5(6)7/h6H,1-5H2,(H,8,9);1-3H3,(H,6,7);2-4H2,1H3,(H,6,7). The highest BCUT2D eigenvalue weighted by molar-refractivity contribution is 5.72. The second-order valence-corrected chi connectivity index (χ2v) is 6.80. The Labute approximate surface area is 138 Å². The molecule has 0 bridgehead atoms. The van der Waals surface area contributed by atoms with Crippen molar-refractivity contribution in [2.24, 2.45) is 11.3 Å². The normalized spacial score (nSPS) is 14.1. The minimum absolute atomic E-state index is 0.316. The summed E-state index contributed by atoms with van der Waals surface area (Å²) in [5.74, 6) is -1.60. The number of unbranched alkanes of at least 4 members (excludes halogenated alkanes) is 1. The van der Waals surface area contributed by atoms with Gasteiger partial charge in [0.2, 0.25) is 0 Å². The van der Waals surface area contributed by atoms with Crippen LogP contribution in [0.15, 0.2) is 0 Å². The molecule has 0 atom stereocenters. The highest BCUT2D eigenvalue weighted by Crippen LogP contribution is 2.27. The Balaban J connectivity index is 0. The summed E-state index contributed by atoms with van der Waals surface area (Å²) in [5, 5.41) is 24.7. The van der Waals surface area contributed by atoms with Crippen LogP contribution < -0.4 is 0 Å². The van der Waals surface area contributed by atoms with Crippen molar-refractivity contribution in [2.75, 3.05) is 0 Å². The predicted molar refractivity (Wildman–Crippen MR) is 88.5 cm³/mol. The second kappa shape index (κ2) is 12.9. The summed E-state index contributed by atoms with van der Waals surface area (Å²) < 4.78 is 0. The Bertz CT molecular complexity index is 351. The molecule has 6 nitrogen and oxygen atoms in total. The minimum atomic E-state index is -0.757. The fourth-order valence-corrected chi connectivity index (χ4v) is 1.79. The number of hydrogen-bond acceptors (Lipinski definition) is 3. The van der Waals surface area contributed by atoms with Crippen LogP contribution in [0.4, 0.5) is 0 Å². The van der Waals surface area contributed by atoms with Crippen LogP contribution in [0.2, 0.25) is 0 Å². The van der Waals surface area contributed by atoms with E-state index in [1.165, 1.54) is 12.8 Å². The van der Waals surface area contributed by atoms with E-state index >= 15 is 0 Å². The summed E-state index contributed by atoms with van der Waals surface area (Å²) in [5.41, 5.74) is -0.583. The van der Waals surface area contributed by atoms with Gasteiger partial charge in [-0.05, 0) is 46.0 Å². The second-order valence-electron chi connectivity index (χ2n) is 6.80. The number of carboxylic acid groups (broad SMARTS) is 3. The monoisotopic (exact) mass is 332 g/mol. The molecule has 0 saturated heterocycles. The van der Waals surface area contributed by atoms with E-state index in [1.807, 2.05) is 6.92 Å². The van der Waals surface area contributed by atoms with Crippen molar-refractivity contribution >= 4 is 17.9 Å². The molecular weight excluding hydrogens is 300 g/mol. The van der Waals surface area contributed by atoms with Crippen LogP contribution in [0.3, 0.4) is 0 Å². The van der Waals surface area contributed by atoms with Gasteiger partial charge in [0.15, 0.2) is 0 Å². The van der Waals surface area contributed by atoms with E-state index in [-0.39, 0.29) is 0 Å². The van der Waals surface area contributed by atoms with Crippen LogP contribution in [-0.2, 0) is 14.4 Å². The summed E-state index contributed by atoms with van der Waals surface area (Å²) in [6, 6.07) is 0. The van der Waals surface area contributed by atoms with Crippen LogP contribution in [0.1, 0.15) is 79.1 Å². The molecule has 1 aliphatic carbocycles. The summed E-state index contributed by atoms with van der Waals surface area (Å²) in [7, 11) is 0. The molecule has 1 saturated carbocycles. The average Bonchev–Trinajstić information content (AvgIpc) is 2.88. The molecule has 0 unspecified atom stereocenters. The summed E-state index contributed by atoms with van der Waals surface area (Å²) in [4.78, 5) is 29.9. The third kappa shape index (κ3) is 18.4. The van der Waals surface area contributed by atoms with Gasteiger partial charge in [-0.2, -0.15) is 0 Å². The Morgan fingerprint density at radius 1 is 0.957 bits per heavy atom. The van der Waals surface area contributed by atoms with E-state index in [1.54, 1.807) is 20.8 Å². The number of hydrogen-bond donors (Lipinski definition) is 3. The maximum atomic E-state index is 10.2. The fourth-order valence-electron chi connectivity index (χ4n) is 1.79. The third-order valence-corrected chi connectivity index (χ3v) is 3.32. The van der Waals surface area contributed by atoms with Gasteiger partial charge in [0.05, 0.1) is 5.41 Å². The Hall–Kier alpha value is -1.59. The van der Waals surface area contributed by atoms with Crippen molar-refractivity contribution in [3.8, 4) is 0 Å². The summed E-state index contributed by atoms with van der Waals surface area (Å²) in [6.07, 6.45) is 7.20. The van der Waals surface area contributed by atoms with Crippen molar-refractivity contribution in [1.82, 2.24) is 0 Å². The van der Waals surface area contributed by atoms with Crippen molar-refractivity contribution < 1.29 is 29.7 Å². The Morgan fingerprint density at radius 2 is 1.39 bits per heavy atom. The van der Waals surface area contributed by atoms with Crippen LogP contribution >= 0.6 is 0 Å². The average molecular weight is 332 g/mol. The zero-order valence-corrected chi connectivity index (χ0v) is 14.8. The lowest BCUT2D eigenvalue weighted by molar-refractivity contribution is -0.146. The molecule has 0 aromatic heterocycles. The van der Waals surface area contributed by atoms with Crippen LogP contribution in [-0.4, -0.2) is 33.2 Å². The lowest BCUT2D eigenvalue weighted by atomic mass is 9.98. The van der Waals surface area contributed by atoms with Gasteiger partial charge in [-0.3, -0.25) is 14.4 Å². The van der Waals surface area contributed by atoms with Gasteiger partial charge in [0.1, 0.15) is 0 Å². The molecule has 0 spiro atoms. The number of aliphatic carboxylic acids is 3. The summed E-state index contributed by atoms with van der Waals surface area (Å²) >= 11 is 0. The van der Waals surface area contributed by atoms with Gasteiger partial charge in [-0.15, -0.1) is 0 Å². The lowest BCUT2D eigenvalue weighted by Gasteiger charge is -2.08. The van der Waals surface area contributed by atoms with E-state index in [2.05, 4.69) is 0 Å². The van der Waals surface area contributed by atoms with Gasteiger partial charge in [0.25, 0.3) is 0 Å². The van der Waals surface area contributed by atoms with Gasteiger partial charge in [-0.1, -0.05) is 26.2 Å². The molecule has 6 heteroatoms. The number of carboxylic acids is 3. The molecule has 136 valence electrons. The first-order valence-corrected chi connectivity index (χ1v) is 8.17. The topological polar surface area (TPSA) is 112 Å². The zero-order valence-electron chi connectivity index (χ0n) is 14.8. The molecule has 0 aliphatic heterocycles. The molecule has 0 amide bonds. The lowest BCUT2D eigenvalue weighted by Crippen LogP contribution is -2.18. The SMILES string of the molecule is CC(C)(C)C(=O)O.CCCCC(=O)O.O=C(O)CC1CCCC1. The zero-order chi connectivity index (χ0) is 18.5.